The molecule has 1 aliphatic rings. The first-order valence-electron chi connectivity index (χ1n) is 7.93. The lowest BCUT2D eigenvalue weighted by molar-refractivity contribution is 0.126. The first-order valence-corrected chi connectivity index (χ1v) is 7.93. The third-order valence-electron chi connectivity index (χ3n) is 3.72. The molecule has 2 rings (SSSR count). The number of hydrogen-bond acceptors (Lipinski definition) is 3. The first kappa shape index (κ1) is 15.3. The molecule has 1 fully saturated rings. The molecule has 1 aromatic rings. The average Bonchev–Trinajstić information content (AvgIpc) is 2.39. The van der Waals surface area contributed by atoms with Crippen molar-refractivity contribution in [3.05, 3.63) is 23.9 Å². The van der Waals surface area contributed by atoms with Gasteiger partial charge in [-0.3, -0.25) is 4.90 Å². The van der Waals surface area contributed by atoms with E-state index in [1.165, 1.54) is 31.4 Å². The number of nitrogens with zero attached hydrogens (tertiary/aromatic N) is 2. The van der Waals surface area contributed by atoms with Gasteiger partial charge in [0.2, 0.25) is 5.88 Å². The van der Waals surface area contributed by atoms with Gasteiger partial charge in [0.1, 0.15) is 0 Å². The highest BCUT2D eigenvalue weighted by Crippen LogP contribution is 2.35. The third-order valence-corrected chi connectivity index (χ3v) is 3.72. The van der Waals surface area contributed by atoms with Crippen molar-refractivity contribution < 1.29 is 4.74 Å². The number of likely N-dealkylation sites (tertiary alicyclic amines) is 1. The van der Waals surface area contributed by atoms with E-state index in [1.54, 1.807) is 0 Å². The predicted molar refractivity (Wildman–Crippen MR) is 83.0 cm³/mol. The highest BCUT2D eigenvalue weighted by molar-refractivity contribution is 5.29. The minimum Gasteiger partial charge on any atom is -0.475 e. The van der Waals surface area contributed by atoms with Crippen molar-refractivity contribution >= 4 is 0 Å². The molecule has 0 aliphatic carbocycles. The molecule has 0 N–H and O–H groups in total. The summed E-state index contributed by atoms with van der Waals surface area (Å²) in [6.45, 7) is 11.1. The lowest BCUT2D eigenvalue weighted by Gasteiger charge is -2.37. The van der Waals surface area contributed by atoms with Gasteiger partial charge in [0.05, 0.1) is 6.10 Å². The van der Waals surface area contributed by atoms with Crippen LogP contribution in [0.3, 0.4) is 0 Å². The molecule has 20 heavy (non-hydrogen) atoms. The first-order chi connectivity index (χ1) is 9.58. The van der Waals surface area contributed by atoms with Gasteiger partial charge < -0.3 is 4.74 Å². The molecular formula is C17H28N2O. The van der Waals surface area contributed by atoms with Crippen molar-refractivity contribution in [3.8, 4) is 5.88 Å². The Balaban J connectivity index is 2.22. The molecule has 3 heteroatoms. The summed E-state index contributed by atoms with van der Waals surface area (Å²) in [4.78, 5) is 7.07. The number of pyridine rings is 1. The van der Waals surface area contributed by atoms with Crippen LogP contribution in [0.4, 0.5) is 0 Å². The molecule has 1 saturated heterocycles. The summed E-state index contributed by atoms with van der Waals surface area (Å²) < 4.78 is 5.91. The molecule has 112 valence electrons. The standard InChI is InChI=1S/C17H28N2O/c1-13(2)12-19-11-6-5-9-16(19)15-8-7-10-18-17(15)20-14(3)4/h7-8,10,13-14,16H,5-6,9,11-12H2,1-4H3/t16-/m1/s1. The summed E-state index contributed by atoms with van der Waals surface area (Å²) in [6, 6.07) is 4.69. The van der Waals surface area contributed by atoms with E-state index < -0.39 is 0 Å². The average molecular weight is 276 g/mol. The van der Waals surface area contributed by atoms with Crippen LogP contribution in [0.15, 0.2) is 18.3 Å². The minimum absolute atomic E-state index is 0.172. The molecule has 1 aromatic heterocycles. The number of hydrogen-bond donors (Lipinski definition) is 0. The van der Waals surface area contributed by atoms with Crippen LogP contribution in [0.5, 0.6) is 5.88 Å². The molecule has 0 amide bonds. The largest absolute Gasteiger partial charge is 0.475 e. The van der Waals surface area contributed by atoms with Gasteiger partial charge in [0, 0.05) is 24.3 Å². The maximum absolute atomic E-state index is 5.91. The summed E-state index contributed by atoms with van der Waals surface area (Å²) in [5.41, 5.74) is 1.27. The molecule has 0 aromatic carbocycles. The zero-order valence-corrected chi connectivity index (χ0v) is 13.3. The highest BCUT2D eigenvalue weighted by Gasteiger charge is 2.27. The van der Waals surface area contributed by atoms with Gasteiger partial charge in [0.25, 0.3) is 0 Å². The molecular weight excluding hydrogens is 248 g/mol. The van der Waals surface area contributed by atoms with Crippen LogP contribution in [-0.2, 0) is 0 Å². The Labute approximate surface area is 123 Å². The second kappa shape index (κ2) is 7.07. The lowest BCUT2D eigenvalue weighted by Crippen LogP contribution is -2.36. The van der Waals surface area contributed by atoms with Crippen LogP contribution in [0.25, 0.3) is 0 Å². The minimum atomic E-state index is 0.172. The van der Waals surface area contributed by atoms with Crippen molar-refractivity contribution in [1.82, 2.24) is 9.88 Å². The zero-order valence-electron chi connectivity index (χ0n) is 13.3. The molecule has 0 unspecified atom stereocenters. The zero-order chi connectivity index (χ0) is 14.5. The van der Waals surface area contributed by atoms with Crippen LogP contribution < -0.4 is 4.74 Å². The SMILES string of the molecule is CC(C)CN1CCCC[C@@H]1c1cccnc1OC(C)C. The Kier molecular flexibility index (Phi) is 5.41. The van der Waals surface area contributed by atoms with Crippen molar-refractivity contribution in [1.29, 1.82) is 0 Å². The van der Waals surface area contributed by atoms with Gasteiger partial charge in [0.15, 0.2) is 0 Å². The van der Waals surface area contributed by atoms with E-state index >= 15 is 0 Å². The van der Waals surface area contributed by atoms with Crippen molar-refractivity contribution in [2.75, 3.05) is 13.1 Å². The van der Waals surface area contributed by atoms with Crippen molar-refractivity contribution in [2.45, 2.75) is 59.1 Å². The number of piperidine rings is 1. The number of aromatic nitrogens is 1. The summed E-state index contributed by atoms with van der Waals surface area (Å²) in [6.07, 6.45) is 5.83. The number of ether oxygens (including phenoxy) is 1. The fourth-order valence-corrected chi connectivity index (χ4v) is 3.01. The van der Waals surface area contributed by atoms with Gasteiger partial charge in [-0.1, -0.05) is 26.3 Å². The van der Waals surface area contributed by atoms with E-state index in [-0.39, 0.29) is 6.10 Å². The Hall–Kier alpha value is -1.09. The molecule has 3 nitrogen and oxygen atoms in total. The van der Waals surface area contributed by atoms with E-state index in [4.69, 9.17) is 4.74 Å². The molecule has 0 radical (unpaired) electrons. The molecule has 1 atom stereocenters. The van der Waals surface area contributed by atoms with Crippen LogP contribution in [0.2, 0.25) is 0 Å². The molecule has 0 spiro atoms. The topological polar surface area (TPSA) is 25.4 Å². The van der Waals surface area contributed by atoms with E-state index in [0.717, 1.165) is 12.4 Å². The molecule has 0 bridgehead atoms. The van der Waals surface area contributed by atoms with Gasteiger partial charge >= 0.3 is 0 Å². The summed E-state index contributed by atoms with van der Waals surface area (Å²) in [5.74, 6) is 1.52. The summed E-state index contributed by atoms with van der Waals surface area (Å²) >= 11 is 0. The van der Waals surface area contributed by atoms with Crippen LogP contribution in [0, 0.1) is 5.92 Å². The molecule has 2 heterocycles. The predicted octanol–water partition coefficient (Wildman–Crippen LogP) is 4.05. The normalized spacial score (nSPS) is 20.6. The maximum atomic E-state index is 5.91. The highest BCUT2D eigenvalue weighted by atomic mass is 16.5. The second-order valence-electron chi connectivity index (χ2n) is 6.46. The van der Waals surface area contributed by atoms with E-state index in [9.17, 15) is 0 Å². The monoisotopic (exact) mass is 276 g/mol. The van der Waals surface area contributed by atoms with E-state index in [0.29, 0.717) is 12.0 Å². The maximum Gasteiger partial charge on any atom is 0.218 e. The Morgan fingerprint density at radius 1 is 1.30 bits per heavy atom. The van der Waals surface area contributed by atoms with E-state index in [2.05, 4.69) is 43.6 Å². The second-order valence-corrected chi connectivity index (χ2v) is 6.46. The van der Waals surface area contributed by atoms with Crippen molar-refractivity contribution in [3.63, 3.8) is 0 Å². The van der Waals surface area contributed by atoms with Gasteiger partial charge in [-0.25, -0.2) is 4.98 Å². The quantitative estimate of drug-likeness (QED) is 0.811. The van der Waals surface area contributed by atoms with Crippen molar-refractivity contribution in [2.24, 2.45) is 5.92 Å². The van der Waals surface area contributed by atoms with Crippen LogP contribution >= 0.6 is 0 Å². The smallest absolute Gasteiger partial charge is 0.218 e. The summed E-state index contributed by atoms with van der Waals surface area (Å²) in [7, 11) is 0. The molecule has 0 saturated carbocycles. The van der Waals surface area contributed by atoms with Gasteiger partial charge in [-0.15, -0.1) is 0 Å². The Bertz CT molecular complexity index is 417. The Morgan fingerprint density at radius 3 is 2.80 bits per heavy atom. The van der Waals surface area contributed by atoms with E-state index in [1.807, 2.05) is 12.3 Å². The summed E-state index contributed by atoms with van der Waals surface area (Å²) in [5, 5.41) is 0. The van der Waals surface area contributed by atoms with Gasteiger partial charge in [-0.05, 0) is 45.2 Å². The Morgan fingerprint density at radius 2 is 2.10 bits per heavy atom. The van der Waals surface area contributed by atoms with Crippen LogP contribution in [-0.4, -0.2) is 29.1 Å². The fraction of sp³-hybridized carbons (Fsp3) is 0.706. The third kappa shape index (κ3) is 3.95. The van der Waals surface area contributed by atoms with Gasteiger partial charge in [-0.2, -0.15) is 0 Å². The fourth-order valence-electron chi connectivity index (χ4n) is 3.01. The number of rotatable bonds is 5. The van der Waals surface area contributed by atoms with Crippen LogP contribution in [0.1, 0.15) is 58.6 Å². The lowest BCUT2D eigenvalue weighted by atomic mass is 9.95. The molecule has 1 aliphatic heterocycles.